The van der Waals surface area contributed by atoms with Crippen LogP contribution in [0.1, 0.15) is 33.1 Å². The number of esters is 1. The lowest BCUT2D eigenvalue weighted by molar-refractivity contribution is -0.145. The third-order valence-electron chi connectivity index (χ3n) is 2.04. The maximum absolute atomic E-state index is 11.0. The summed E-state index contributed by atoms with van der Waals surface area (Å²) in [4.78, 5) is 11.0. The van der Waals surface area contributed by atoms with Gasteiger partial charge in [0.2, 0.25) is 0 Å². The van der Waals surface area contributed by atoms with Gasteiger partial charge in [0.25, 0.3) is 0 Å². The standard InChI is InChI=1S/C13H26O5/c1-3-5-13(14)18-12-11-17-10-9-16-8-7-15-6-4-2/h3-12H2,1-2H3. The lowest BCUT2D eigenvalue weighted by atomic mass is 10.3. The summed E-state index contributed by atoms with van der Waals surface area (Å²) in [5.74, 6) is -0.162. The van der Waals surface area contributed by atoms with Gasteiger partial charge in [0, 0.05) is 13.0 Å². The molecule has 5 heteroatoms. The third-order valence-corrected chi connectivity index (χ3v) is 2.04. The maximum Gasteiger partial charge on any atom is 0.305 e. The number of rotatable bonds is 13. The van der Waals surface area contributed by atoms with Crippen LogP contribution in [0.25, 0.3) is 0 Å². The Morgan fingerprint density at radius 3 is 1.72 bits per heavy atom. The second-order valence-electron chi connectivity index (χ2n) is 3.81. The molecule has 0 bridgehead atoms. The largest absolute Gasteiger partial charge is 0.463 e. The van der Waals surface area contributed by atoms with Crippen molar-refractivity contribution in [3.63, 3.8) is 0 Å². The number of ether oxygens (including phenoxy) is 4. The first kappa shape index (κ1) is 17.4. The van der Waals surface area contributed by atoms with E-state index in [1.165, 1.54) is 0 Å². The summed E-state index contributed by atoms with van der Waals surface area (Å²) >= 11 is 0. The fourth-order valence-corrected chi connectivity index (χ4v) is 1.18. The summed E-state index contributed by atoms with van der Waals surface area (Å²) in [6.45, 7) is 7.81. The van der Waals surface area contributed by atoms with E-state index in [9.17, 15) is 4.79 Å². The van der Waals surface area contributed by atoms with Crippen molar-refractivity contribution in [2.45, 2.75) is 33.1 Å². The van der Waals surface area contributed by atoms with Gasteiger partial charge in [-0.25, -0.2) is 0 Å². The van der Waals surface area contributed by atoms with E-state index < -0.39 is 0 Å². The maximum atomic E-state index is 11.0. The Labute approximate surface area is 110 Å². The molecule has 0 radical (unpaired) electrons. The minimum atomic E-state index is -0.162. The fourth-order valence-electron chi connectivity index (χ4n) is 1.18. The molecule has 0 fully saturated rings. The zero-order chi connectivity index (χ0) is 13.5. The van der Waals surface area contributed by atoms with Crippen LogP contribution in [0.4, 0.5) is 0 Å². The predicted molar refractivity (Wildman–Crippen MR) is 68.6 cm³/mol. The quantitative estimate of drug-likeness (QED) is 0.374. The second kappa shape index (κ2) is 14.4. The van der Waals surface area contributed by atoms with Gasteiger partial charge in [-0.15, -0.1) is 0 Å². The lowest BCUT2D eigenvalue weighted by Gasteiger charge is -2.07. The van der Waals surface area contributed by atoms with Crippen molar-refractivity contribution in [1.29, 1.82) is 0 Å². The van der Waals surface area contributed by atoms with Crippen LogP contribution in [0.15, 0.2) is 0 Å². The second-order valence-corrected chi connectivity index (χ2v) is 3.81. The van der Waals surface area contributed by atoms with Crippen molar-refractivity contribution in [3.05, 3.63) is 0 Å². The van der Waals surface area contributed by atoms with Gasteiger partial charge in [0.15, 0.2) is 0 Å². The van der Waals surface area contributed by atoms with Gasteiger partial charge in [-0.1, -0.05) is 13.8 Å². The van der Waals surface area contributed by atoms with Crippen LogP contribution < -0.4 is 0 Å². The molecule has 0 spiro atoms. The smallest absolute Gasteiger partial charge is 0.305 e. The topological polar surface area (TPSA) is 54.0 Å². The Balaban J connectivity index is 3.01. The minimum Gasteiger partial charge on any atom is -0.463 e. The van der Waals surface area contributed by atoms with Crippen LogP contribution in [-0.2, 0) is 23.7 Å². The zero-order valence-corrected chi connectivity index (χ0v) is 11.6. The minimum absolute atomic E-state index is 0.162. The monoisotopic (exact) mass is 262 g/mol. The van der Waals surface area contributed by atoms with Crippen LogP contribution in [0.5, 0.6) is 0 Å². The molecule has 0 aliphatic carbocycles. The molecular formula is C13H26O5. The Kier molecular flexibility index (Phi) is 13.9. The van der Waals surface area contributed by atoms with E-state index in [2.05, 4.69) is 6.92 Å². The Bertz CT molecular complexity index is 184. The van der Waals surface area contributed by atoms with Gasteiger partial charge in [0.05, 0.1) is 33.0 Å². The molecule has 0 unspecified atom stereocenters. The van der Waals surface area contributed by atoms with Crippen LogP contribution >= 0.6 is 0 Å². The molecule has 0 aliphatic rings. The molecule has 0 aromatic heterocycles. The molecular weight excluding hydrogens is 236 g/mol. The predicted octanol–water partition coefficient (Wildman–Crippen LogP) is 1.79. The van der Waals surface area contributed by atoms with E-state index in [-0.39, 0.29) is 5.97 Å². The van der Waals surface area contributed by atoms with E-state index in [0.29, 0.717) is 46.1 Å². The summed E-state index contributed by atoms with van der Waals surface area (Å²) < 4.78 is 20.7. The number of hydrogen-bond acceptors (Lipinski definition) is 5. The number of carbonyl (C=O) groups is 1. The molecule has 0 saturated heterocycles. The Morgan fingerprint density at radius 1 is 0.722 bits per heavy atom. The third kappa shape index (κ3) is 13.4. The summed E-state index contributed by atoms with van der Waals surface area (Å²) in [5.41, 5.74) is 0. The average molecular weight is 262 g/mol. The Hall–Kier alpha value is -0.650. The average Bonchev–Trinajstić information content (AvgIpc) is 2.36. The summed E-state index contributed by atoms with van der Waals surface area (Å²) in [6.07, 6.45) is 2.31. The number of hydrogen-bond donors (Lipinski definition) is 0. The van der Waals surface area contributed by atoms with Crippen LogP contribution in [-0.4, -0.2) is 52.2 Å². The molecule has 0 atom stereocenters. The van der Waals surface area contributed by atoms with E-state index >= 15 is 0 Å². The first-order valence-corrected chi connectivity index (χ1v) is 6.70. The molecule has 5 nitrogen and oxygen atoms in total. The van der Waals surface area contributed by atoms with Gasteiger partial charge in [-0.3, -0.25) is 4.79 Å². The van der Waals surface area contributed by atoms with E-state index in [1.54, 1.807) is 0 Å². The van der Waals surface area contributed by atoms with Gasteiger partial charge in [0.1, 0.15) is 6.61 Å². The summed E-state index contributed by atoms with van der Waals surface area (Å²) in [6, 6.07) is 0. The molecule has 108 valence electrons. The van der Waals surface area contributed by atoms with Crippen molar-refractivity contribution in [1.82, 2.24) is 0 Å². The highest BCUT2D eigenvalue weighted by molar-refractivity contribution is 5.69. The summed E-state index contributed by atoms with van der Waals surface area (Å²) in [7, 11) is 0. The van der Waals surface area contributed by atoms with E-state index in [4.69, 9.17) is 18.9 Å². The molecule has 0 N–H and O–H groups in total. The van der Waals surface area contributed by atoms with E-state index in [1.807, 2.05) is 6.92 Å². The van der Waals surface area contributed by atoms with Crippen molar-refractivity contribution in [3.8, 4) is 0 Å². The highest BCUT2D eigenvalue weighted by Gasteiger charge is 1.99. The SMILES string of the molecule is CCCOCCOCCOCCOC(=O)CCC. The van der Waals surface area contributed by atoms with Gasteiger partial charge in [-0.05, 0) is 12.8 Å². The first-order chi connectivity index (χ1) is 8.81. The molecule has 0 aromatic rings. The van der Waals surface area contributed by atoms with Crippen LogP contribution in [0, 0.1) is 0 Å². The molecule has 0 aromatic carbocycles. The van der Waals surface area contributed by atoms with Gasteiger partial charge < -0.3 is 18.9 Å². The summed E-state index contributed by atoms with van der Waals surface area (Å²) in [5, 5.41) is 0. The fraction of sp³-hybridized carbons (Fsp3) is 0.923. The van der Waals surface area contributed by atoms with Gasteiger partial charge in [-0.2, -0.15) is 0 Å². The first-order valence-electron chi connectivity index (χ1n) is 6.70. The zero-order valence-electron chi connectivity index (χ0n) is 11.6. The normalized spacial score (nSPS) is 10.6. The molecule has 0 aliphatic heterocycles. The molecule has 0 rings (SSSR count). The highest BCUT2D eigenvalue weighted by atomic mass is 16.6. The van der Waals surface area contributed by atoms with E-state index in [0.717, 1.165) is 19.4 Å². The van der Waals surface area contributed by atoms with Crippen LogP contribution in [0.3, 0.4) is 0 Å². The van der Waals surface area contributed by atoms with Crippen LogP contribution in [0.2, 0.25) is 0 Å². The molecule has 0 saturated carbocycles. The van der Waals surface area contributed by atoms with Gasteiger partial charge >= 0.3 is 5.97 Å². The molecule has 18 heavy (non-hydrogen) atoms. The molecule has 0 heterocycles. The highest BCUT2D eigenvalue weighted by Crippen LogP contribution is 1.91. The lowest BCUT2D eigenvalue weighted by Crippen LogP contribution is -2.13. The molecule has 0 amide bonds. The number of carbonyl (C=O) groups excluding carboxylic acids is 1. The Morgan fingerprint density at radius 2 is 1.22 bits per heavy atom. The van der Waals surface area contributed by atoms with Crippen molar-refractivity contribution in [2.75, 3.05) is 46.2 Å². The van der Waals surface area contributed by atoms with Crippen molar-refractivity contribution >= 4 is 5.97 Å². The van der Waals surface area contributed by atoms with Crippen molar-refractivity contribution < 1.29 is 23.7 Å². The van der Waals surface area contributed by atoms with Crippen molar-refractivity contribution in [2.24, 2.45) is 0 Å².